The zero-order chi connectivity index (χ0) is 21.9. The molecule has 0 aliphatic rings. The summed E-state index contributed by atoms with van der Waals surface area (Å²) < 4.78 is 38.7. The summed E-state index contributed by atoms with van der Waals surface area (Å²) >= 11 is 0. The van der Waals surface area contributed by atoms with Crippen molar-refractivity contribution in [3.8, 4) is 5.75 Å². The van der Waals surface area contributed by atoms with Gasteiger partial charge in [-0.2, -0.15) is 4.31 Å². The monoisotopic (exact) mass is 430 g/mol. The number of carbonyl (C=O) groups is 1. The molecule has 2 aromatic carbocycles. The van der Waals surface area contributed by atoms with Crippen molar-refractivity contribution in [3.05, 3.63) is 53.8 Å². The lowest BCUT2D eigenvalue weighted by Gasteiger charge is -2.21. The highest BCUT2D eigenvalue weighted by atomic mass is 32.2. The summed E-state index contributed by atoms with van der Waals surface area (Å²) in [4.78, 5) is 12.8. The van der Waals surface area contributed by atoms with Crippen LogP contribution in [-0.4, -0.2) is 38.3 Å². The molecule has 1 heterocycles. The summed E-state index contributed by atoms with van der Waals surface area (Å²) in [5.74, 6) is -0.000372. The molecule has 0 unspecified atom stereocenters. The molecule has 30 heavy (non-hydrogen) atoms. The molecule has 0 aliphatic heterocycles. The van der Waals surface area contributed by atoms with Gasteiger partial charge < -0.3 is 14.5 Å². The number of rotatable bonds is 8. The Labute approximate surface area is 176 Å². The lowest BCUT2D eigenvalue weighted by atomic mass is 10.1. The van der Waals surface area contributed by atoms with Gasteiger partial charge in [-0.15, -0.1) is 0 Å². The SMILES string of the molecule is CCOc1ccc(NC(=O)c2oc3ccccc3c2C)cc1S(=O)(=O)N(CC)CC. The van der Waals surface area contributed by atoms with Gasteiger partial charge in [-0.25, -0.2) is 8.42 Å². The minimum absolute atomic E-state index is 0.0205. The van der Waals surface area contributed by atoms with Crippen LogP contribution < -0.4 is 10.1 Å². The smallest absolute Gasteiger partial charge is 0.291 e. The molecule has 0 fully saturated rings. The van der Waals surface area contributed by atoms with Crippen molar-refractivity contribution < 1.29 is 22.4 Å². The van der Waals surface area contributed by atoms with Crippen LogP contribution in [0, 0.1) is 6.92 Å². The number of anilines is 1. The van der Waals surface area contributed by atoms with E-state index in [1.807, 2.05) is 25.1 Å². The number of ether oxygens (including phenoxy) is 1. The number of aryl methyl sites for hydroxylation is 1. The third-order valence-corrected chi connectivity index (χ3v) is 6.95. The molecular weight excluding hydrogens is 404 g/mol. The third-order valence-electron chi connectivity index (χ3n) is 4.87. The highest BCUT2D eigenvalue weighted by Crippen LogP contribution is 2.31. The quantitative estimate of drug-likeness (QED) is 0.571. The van der Waals surface area contributed by atoms with Gasteiger partial charge in [0.1, 0.15) is 16.2 Å². The van der Waals surface area contributed by atoms with E-state index in [0.29, 0.717) is 31.0 Å². The van der Waals surface area contributed by atoms with Crippen LogP contribution in [0.5, 0.6) is 5.75 Å². The molecule has 1 N–H and O–H groups in total. The molecule has 3 rings (SSSR count). The van der Waals surface area contributed by atoms with E-state index >= 15 is 0 Å². The van der Waals surface area contributed by atoms with Crippen molar-refractivity contribution >= 4 is 32.6 Å². The van der Waals surface area contributed by atoms with Gasteiger partial charge in [0.25, 0.3) is 5.91 Å². The second-order valence-corrected chi connectivity index (χ2v) is 8.60. The first-order valence-electron chi connectivity index (χ1n) is 9.89. The number of benzene rings is 2. The molecule has 0 radical (unpaired) electrons. The molecule has 0 spiro atoms. The number of hydrogen-bond donors (Lipinski definition) is 1. The Morgan fingerprint density at radius 2 is 1.80 bits per heavy atom. The van der Waals surface area contributed by atoms with Crippen LogP contribution in [0.25, 0.3) is 11.0 Å². The van der Waals surface area contributed by atoms with Gasteiger partial charge in [0.15, 0.2) is 5.76 Å². The van der Waals surface area contributed by atoms with Gasteiger partial charge in [0.05, 0.1) is 6.61 Å². The van der Waals surface area contributed by atoms with Crippen LogP contribution in [0.2, 0.25) is 0 Å². The molecule has 0 aliphatic carbocycles. The fourth-order valence-electron chi connectivity index (χ4n) is 3.34. The Morgan fingerprint density at radius 3 is 2.43 bits per heavy atom. The van der Waals surface area contributed by atoms with Gasteiger partial charge in [-0.3, -0.25) is 4.79 Å². The number of nitrogens with zero attached hydrogens (tertiary/aromatic N) is 1. The molecule has 7 nitrogen and oxygen atoms in total. The maximum atomic E-state index is 13.1. The van der Waals surface area contributed by atoms with Crippen LogP contribution in [0.3, 0.4) is 0 Å². The number of carbonyl (C=O) groups excluding carboxylic acids is 1. The zero-order valence-corrected chi connectivity index (χ0v) is 18.4. The highest BCUT2D eigenvalue weighted by Gasteiger charge is 2.27. The molecule has 1 amide bonds. The van der Waals surface area contributed by atoms with Crippen LogP contribution in [0.1, 0.15) is 36.9 Å². The number of sulfonamides is 1. The average Bonchev–Trinajstić information content (AvgIpc) is 3.07. The lowest BCUT2D eigenvalue weighted by molar-refractivity contribution is 0.0998. The van der Waals surface area contributed by atoms with Crippen molar-refractivity contribution in [1.29, 1.82) is 0 Å². The zero-order valence-electron chi connectivity index (χ0n) is 17.6. The van der Waals surface area contributed by atoms with Gasteiger partial charge >= 0.3 is 0 Å². The second-order valence-electron chi connectivity index (χ2n) is 6.69. The summed E-state index contributed by atoms with van der Waals surface area (Å²) in [5.41, 5.74) is 1.69. The molecule has 160 valence electrons. The second kappa shape index (κ2) is 8.89. The normalized spacial score (nSPS) is 11.8. The lowest BCUT2D eigenvalue weighted by Crippen LogP contribution is -2.31. The molecule has 0 atom stereocenters. The van der Waals surface area contributed by atoms with Gasteiger partial charge in [-0.05, 0) is 38.1 Å². The van der Waals surface area contributed by atoms with Crippen molar-refractivity contribution in [2.24, 2.45) is 0 Å². The summed E-state index contributed by atoms with van der Waals surface area (Å²) in [5, 5.41) is 3.61. The Balaban J connectivity index is 1.98. The van der Waals surface area contributed by atoms with Gasteiger partial charge in [-0.1, -0.05) is 32.0 Å². The van der Waals surface area contributed by atoms with E-state index in [4.69, 9.17) is 9.15 Å². The first kappa shape index (κ1) is 21.9. The number of furan rings is 1. The summed E-state index contributed by atoms with van der Waals surface area (Å²) in [7, 11) is -3.77. The number of fused-ring (bicyclic) bond motifs is 1. The molecule has 8 heteroatoms. The molecule has 0 bridgehead atoms. The van der Waals surface area contributed by atoms with Crippen molar-refractivity contribution in [2.75, 3.05) is 25.0 Å². The van der Waals surface area contributed by atoms with Crippen LogP contribution in [0.15, 0.2) is 51.8 Å². The van der Waals surface area contributed by atoms with E-state index in [0.717, 1.165) is 10.9 Å². The van der Waals surface area contributed by atoms with Gasteiger partial charge in [0, 0.05) is 29.7 Å². The van der Waals surface area contributed by atoms with Crippen LogP contribution >= 0.6 is 0 Å². The number of nitrogens with one attached hydrogen (secondary N) is 1. The summed E-state index contributed by atoms with van der Waals surface area (Å²) in [6, 6.07) is 12.0. The number of para-hydroxylation sites is 1. The minimum Gasteiger partial charge on any atom is -0.492 e. The molecular formula is C22H26N2O5S. The molecule has 0 saturated heterocycles. The Hall–Kier alpha value is -2.84. The maximum absolute atomic E-state index is 13.1. The van der Waals surface area contributed by atoms with E-state index in [1.54, 1.807) is 39.0 Å². The summed E-state index contributed by atoms with van der Waals surface area (Å²) in [6.45, 7) is 8.14. The number of hydrogen-bond acceptors (Lipinski definition) is 5. The average molecular weight is 431 g/mol. The topological polar surface area (TPSA) is 88.8 Å². The fourth-order valence-corrected chi connectivity index (χ4v) is 4.96. The van der Waals surface area contributed by atoms with E-state index < -0.39 is 15.9 Å². The van der Waals surface area contributed by atoms with Crippen molar-refractivity contribution in [2.45, 2.75) is 32.6 Å². The fraction of sp³-hybridized carbons (Fsp3) is 0.318. The number of amides is 1. The van der Waals surface area contributed by atoms with Gasteiger partial charge in [0.2, 0.25) is 10.0 Å². The first-order valence-corrected chi connectivity index (χ1v) is 11.3. The largest absolute Gasteiger partial charge is 0.492 e. The molecule has 3 aromatic rings. The predicted molar refractivity (Wildman–Crippen MR) is 117 cm³/mol. The summed E-state index contributed by atoms with van der Waals surface area (Å²) in [6.07, 6.45) is 0. The van der Waals surface area contributed by atoms with Crippen molar-refractivity contribution in [1.82, 2.24) is 4.31 Å². The van der Waals surface area contributed by atoms with Crippen LogP contribution in [-0.2, 0) is 10.0 Å². The standard InChI is InChI=1S/C22H26N2O5S/c1-5-24(6-2)30(26,27)20-14-16(12-13-19(20)28-7-3)23-22(25)21-15(4)17-10-8-9-11-18(17)29-21/h8-14H,5-7H2,1-4H3,(H,23,25). The molecule has 1 aromatic heterocycles. The maximum Gasteiger partial charge on any atom is 0.291 e. The molecule has 0 saturated carbocycles. The Bertz CT molecular complexity index is 1160. The highest BCUT2D eigenvalue weighted by molar-refractivity contribution is 7.89. The predicted octanol–water partition coefficient (Wildman–Crippen LogP) is 4.42. The Morgan fingerprint density at radius 1 is 1.10 bits per heavy atom. The van der Waals surface area contributed by atoms with E-state index in [9.17, 15) is 13.2 Å². The van der Waals surface area contributed by atoms with E-state index in [-0.39, 0.29) is 16.4 Å². The van der Waals surface area contributed by atoms with E-state index in [1.165, 1.54) is 10.4 Å². The minimum atomic E-state index is -3.77. The van der Waals surface area contributed by atoms with Crippen molar-refractivity contribution in [3.63, 3.8) is 0 Å². The van der Waals surface area contributed by atoms with E-state index in [2.05, 4.69) is 5.32 Å². The first-order chi connectivity index (χ1) is 14.3. The Kier molecular flexibility index (Phi) is 6.48. The third kappa shape index (κ3) is 4.06. The van der Waals surface area contributed by atoms with Crippen LogP contribution in [0.4, 0.5) is 5.69 Å².